The Morgan fingerprint density at radius 1 is 1.40 bits per heavy atom. The van der Waals surface area contributed by atoms with E-state index in [0.717, 1.165) is 12.2 Å². The Bertz CT molecular complexity index is 435. The summed E-state index contributed by atoms with van der Waals surface area (Å²) in [5.74, 6) is 0.838. The van der Waals surface area contributed by atoms with Crippen LogP contribution in [0.5, 0.6) is 5.75 Å². The number of carbonyl (C=O) groups is 1. The highest BCUT2D eigenvalue weighted by Gasteiger charge is 2.38. The third kappa shape index (κ3) is 5.02. The van der Waals surface area contributed by atoms with E-state index in [0.29, 0.717) is 31.1 Å². The molecular formula is C15H20ClNO3. The molecule has 0 bridgehead atoms. The lowest BCUT2D eigenvalue weighted by atomic mass is 10.3. The lowest BCUT2D eigenvalue weighted by Crippen LogP contribution is -2.28. The maximum Gasteiger partial charge on any atom is 0.220 e. The number of nitrogens with one attached hydrogen (secondary N) is 1. The molecule has 0 aromatic heterocycles. The predicted molar refractivity (Wildman–Crippen MR) is 78.1 cm³/mol. The van der Waals surface area contributed by atoms with E-state index in [9.17, 15) is 4.79 Å². The first kappa shape index (κ1) is 15.1. The maximum absolute atomic E-state index is 11.7. The van der Waals surface area contributed by atoms with Gasteiger partial charge >= 0.3 is 0 Å². The van der Waals surface area contributed by atoms with Gasteiger partial charge in [0.15, 0.2) is 0 Å². The van der Waals surface area contributed by atoms with Gasteiger partial charge in [0, 0.05) is 18.1 Å². The highest BCUT2D eigenvalue weighted by molar-refractivity contribution is 6.30. The first-order valence-corrected chi connectivity index (χ1v) is 7.36. The summed E-state index contributed by atoms with van der Waals surface area (Å²) in [6.45, 7) is 3.19. The largest absolute Gasteiger partial charge is 0.494 e. The number of amides is 1. The first-order valence-electron chi connectivity index (χ1n) is 6.98. The molecule has 1 aliphatic carbocycles. The zero-order chi connectivity index (χ0) is 14.4. The topological polar surface area (TPSA) is 47.6 Å². The Kier molecular flexibility index (Phi) is 5.68. The molecule has 1 fully saturated rings. The number of hydrogen-bond donors (Lipinski definition) is 1. The van der Waals surface area contributed by atoms with E-state index in [2.05, 4.69) is 5.32 Å². The van der Waals surface area contributed by atoms with Crippen LogP contribution in [0.15, 0.2) is 24.3 Å². The van der Waals surface area contributed by atoms with E-state index >= 15 is 0 Å². The highest BCUT2D eigenvalue weighted by Crippen LogP contribution is 2.25. The maximum atomic E-state index is 11.7. The number of hydrogen-bond acceptors (Lipinski definition) is 3. The summed E-state index contributed by atoms with van der Waals surface area (Å²) in [4.78, 5) is 11.7. The van der Waals surface area contributed by atoms with E-state index < -0.39 is 0 Å². The van der Waals surface area contributed by atoms with Crippen LogP contribution >= 0.6 is 11.6 Å². The van der Waals surface area contributed by atoms with Crippen LogP contribution in [0.3, 0.4) is 0 Å². The molecule has 4 nitrogen and oxygen atoms in total. The molecule has 110 valence electrons. The average Bonchev–Trinajstić information content (AvgIpc) is 3.15. The summed E-state index contributed by atoms with van der Waals surface area (Å²) in [6, 6.07) is 7.41. The van der Waals surface area contributed by atoms with Crippen molar-refractivity contribution in [2.24, 2.45) is 0 Å². The fourth-order valence-electron chi connectivity index (χ4n) is 1.95. The smallest absolute Gasteiger partial charge is 0.220 e. The number of halogens is 1. The number of ether oxygens (including phenoxy) is 2. The normalized spacial score (nSPS) is 20.5. The van der Waals surface area contributed by atoms with Gasteiger partial charge in [0.25, 0.3) is 0 Å². The lowest BCUT2D eigenvalue weighted by Gasteiger charge is -2.07. The molecule has 1 aliphatic rings. The van der Waals surface area contributed by atoms with E-state index in [1.165, 1.54) is 0 Å². The monoisotopic (exact) mass is 297 g/mol. The van der Waals surface area contributed by atoms with Crippen molar-refractivity contribution in [1.82, 2.24) is 5.32 Å². The van der Waals surface area contributed by atoms with Gasteiger partial charge in [-0.2, -0.15) is 0 Å². The van der Waals surface area contributed by atoms with E-state index in [4.69, 9.17) is 21.1 Å². The number of rotatable bonds is 8. The molecule has 0 radical (unpaired) electrons. The molecule has 5 heteroatoms. The Labute approximate surface area is 124 Å². The van der Waals surface area contributed by atoms with Crippen molar-refractivity contribution in [3.8, 4) is 5.75 Å². The molecule has 0 saturated heterocycles. The Balaban J connectivity index is 1.55. The van der Waals surface area contributed by atoms with Crippen LogP contribution in [0, 0.1) is 0 Å². The fraction of sp³-hybridized carbons (Fsp3) is 0.533. The molecule has 0 unspecified atom stereocenters. The summed E-state index contributed by atoms with van der Waals surface area (Å²) in [5.41, 5.74) is 0. The van der Waals surface area contributed by atoms with Crippen molar-refractivity contribution in [3.63, 3.8) is 0 Å². The molecule has 0 aliphatic heterocycles. The van der Waals surface area contributed by atoms with Gasteiger partial charge in [0.05, 0.1) is 18.8 Å². The SMILES string of the molecule is CCO[C@@H]1C[C@H]1NC(=O)CCCOc1ccc(Cl)cc1. The zero-order valence-corrected chi connectivity index (χ0v) is 12.4. The van der Waals surface area contributed by atoms with E-state index in [-0.39, 0.29) is 18.1 Å². The summed E-state index contributed by atoms with van der Waals surface area (Å²) in [5, 5.41) is 3.64. The van der Waals surface area contributed by atoms with Crippen LogP contribution in [0.1, 0.15) is 26.2 Å². The van der Waals surface area contributed by atoms with Gasteiger partial charge in [-0.25, -0.2) is 0 Å². The van der Waals surface area contributed by atoms with Crippen LogP contribution in [-0.4, -0.2) is 31.3 Å². The third-order valence-corrected chi connectivity index (χ3v) is 3.34. The molecule has 0 heterocycles. The summed E-state index contributed by atoms with van der Waals surface area (Å²) in [7, 11) is 0. The standard InChI is InChI=1S/C15H20ClNO3/c1-2-19-14-10-13(14)17-15(18)4-3-9-20-12-7-5-11(16)6-8-12/h5-8,13-14H,2-4,9-10H2,1H3,(H,17,18)/t13-,14-/m1/s1. The summed E-state index contributed by atoms with van der Waals surface area (Å²) >= 11 is 5.78. The number of benzene rings is 1. The molecule has 2 atom stereocenters. The van der Waals surface area contributed by atoms with Gasteiger partial charge in [-0.05, 0) is 44.0 Å². The quantitative estimate of drug-likeness (QED) is 0.751. The highest BCUT2D eigenvalue weighted by atomic mass is 35.5. The van der Waals surface area contributed by atoms with Gasteiger partial charge in [0.2, 0.25) is 5.91 Å². The van der Waals surface area contributed by atoms with Crippen molar-refractivity contribution in [2.45, 2.75) is 38.3 Å². The van der Waals surface area contributed by atoms with Crippen molar-refractivity contribution in [1.29, 1.82) is 0 Å². The van der Waals surface area contributed by atoms with Crippen molar-refractivity contribution >= 4 is 17.5 Å². The second-order valence-electron chi connectivity index (χ2n) is 4.81. The lowest BCUT2D eigenvalue weighted by molar-refractivity contribution is -0.121. The first-order chi connectivity index (χ1) is 9.69. The molecule has 1 saturated carbocycles. The minimum atomic E-state index is 0.0666. The molecular weight excluding hydrogens is 278 g/mol. The Morgan fingerprint density at radius 3 is 2.85 bits per heavy atom. The second-order valence-corrected chi connectivity index (χ2v) is 5.25. The van der Waals surface area contributed by atoms with Crippen LogP contribution in [0.4, 0.5) is 0 Å². The van der Waals surface area contributed by atoms with Gasteiger partial charge in [-0.15, -0.1) is 0 Å². The average molecular weight is 298 g/mol. The van der Waals surface area contributed by atoms with Gasteiger partial charge in [-0.3, -0.25) is 4.79 Å². The summed E-state index contributed by atoms with van der Waals surface area (Å²) in [6.07, 6.45) is 2.32. The van der Waals surface area contributed by atoms with Crippen LogP contribution < -0.4 is 10.1 Å². The second kappa shape index (κ2) is 7.50. The van der Waals surface area contributed by atoms with Gasteiger partial charge in [-0.1, -0.05) is 11.6 Å². The Morgan fingerprint density at radius 2 is 2.15 bits per heavy atom. The van der Waals surface area contributed by atoms with Crippen LogP contribution in [0.2, 0.25) is 5.02 Å². The van der Waals surface area contributed by atoms with Crippen molar-refractivity contribution < 1.29 is 14.3 Å². The van der Waals surface area contributed by atoms with Crippen LogP contribution in [0.25, 0.3) is 0 Å². The van der Waals surface area contributed by atoms with Crippen molar-refractivity contribution in [2.75, 3.05) is 13.2 Å². The molecule has 2 rings (SSSR count). The molecule has 1 aromatic rings. The van der Waals surface area contributed by atoms with Gasteiger partial charge in [0.1, 0.15) is 5.75 Å². The third-order valence-electron chi connectivity index (χ3n) is 3.09. The number of carbonyl (C=O) groups excluding carboxylic acids is 1. The predicted octanol–water partition coefficient (Wildman–Crippen LogP) is 2.79. The van der Waals surface area contributed by atoms with Crippen molar-refractivity contribution in [3.05, 3.63) is 29.3 Å². The Hall–Kier alpha value is -1.26. The summed E-state index contributed by atoms with van der Waals surface area (Å²) < 4.78 is 10.9. The van der Waals surface area contributed by atoms with Gasteiger partial charge < -0.3 is 14.8 Å². The molecule has 0 spiro atoms. The van der Waals surface area contributed by atoms with E-state index in [1.807, 2.05) is 19.1 Å². The van der Waals surface area contributed by atoms with E-state index in [1.54, 1.807) is 12.1 Å². The molecule has 1 amide bonds. The van der Waals surface area contributed by atoms with Crippen LogP contribution in [-0.2, 0) is 9.53 Å². The fourth-order valence-corrected chi connectivity index (χ4v) is 2.08. The minimum absolute atomic E-state index is 0.0666. The molecule has 20 heavy (non-hydrogen) atoms. The minimum Gasteiger partial charge on any atom is -0.494 e. The molecule has 1 N–H and O–H groups in total. The molecule has 1 aromatic carbocycles. The zero-order valence-electron chi connectivity index (χ0n) is 11.6.